The molecule has 3 nitrogen and oxygen atoms in total. The zero-order chi connectivity index (χ0) is 17.0. The lowest BCUT2D eigenvalue weighted by Crippen LogP contribution is -2.14. The Morgan fingerprint density at radius 2 is 2.00 bits per heavy atom. The van der Waals surface area contributed by atoms with Gasteiger partial charge in [0, 0.05) is 19.3 Å². The van der Waals surface area contributed by atoms with Gasteiger partial charge in [-0.2, -0.15) is 0 Å². The highest BCUT2D eigenvalue weighted by Gasteiger charge is 2.10. The number of hydrogen-bond donors (Lipinski definition) is 1. The zero-order valence-corrected chi connectivity index (χ0v) is 14.6. The molecule has 0 saturated carbocycles. The summed E-state index contributed by atoms with van der Waals surface area (Å²) in [7, 11) is 1.95. The van der Waals surface area contributed by atoms with E-state index in [1.807, 2.05) is 44.9 Å². The SMILES string of the molecule is CCN(C)/C=N\c1cc(C)c(Nc2c(C)cccc2F)cc1Cl. The second kappa shape index (κ2) is 7.47. The van der Waals surface area contributed by atoms with Crippen LogP contribution < -0.4 is 5.32 Å². The highest BCUT2D eigenvalue weighted by atomic mass is 35.5. The van der Waals surface area contributed by atoms with Crippen LogP contribution in [0.1, 0.15) is 18.1 Å². The minimum atomic E-state index is -0.285. The van der Waals surface area contributed by atoms with Gasteiger partial charge < -0.3 is 10.2 Å². The van der Waals surface area contributed by atoms with Crippen molar-refractivity contribution in [1.82, 2.24) is 4.90 Å². The molecule has 0 aromatic heterocycles. The Labute approximate surface area is 141 Å². The van der Waals surface area contributed by atoms with E-state index >= 15 is 0 Å². The van der Waals surface area contributed by atoms with Crippen molar-refractivity contribution in [3.05, 3.63) is 52.3 Å². The van der Waals surface area contributed by atoms with Crippen LogP contribution in [0.25, 0.3) is 0 Å². The minimum absolute atomic E-state index is 0.285. The zero-order valence-electron chi connectivity index (χ0n) is 13.8. The molecule has 0 aliphatic rings. The quantitative estimate of drug-likeness (QED) is 0.582. The van der Waals surface area contributed by atoms with Crippen molar-refractivity contribution in [2.24, 2.45) is 4.99 Å². The highest BCUT2D eigenvalue weighted by molar-refractivity contribution is 6.33. The first-order chi connectivity index (χ1) is 10.9. The highest BCUT2D eigenvalue weighted by Crippen LogP contribution is 2.33. The topological polar surface area (TPSA) is 27.6 Å². The number of aliphatic imine (C=N–C) groups is 1. The molecule has 0 bridgehead atoms. The van der Waals surface area contributed by atoms with E-state index < -0.39 is 0 Å². The number of para-hydroxylation sites is 1. The first kappa shape index (κ1) is 17.3. The molecular weight excluding hydrogens is 313 g/mol. The van der Waals surface area contributed by atoms with Crippen LogP contribution in [-0.4, -0.2) is 24.8 Å². The smallest absolute Gasteiger partial charge is 0.146 e. The number of nitrogens with zero attached hydrogens (tertiary/aromatic N) is 2. The van der Waals surface area contributed by atoms with E-state index in [-0.39, 0.29) is 5.82 Å². The number of rotatable bonds is 5. The van der Waals surface area contributed by atoms with E-state index in [0.717, 1.165) is 23.4 Å². The van der Waals surface area contributed by atoms with Crippen LogP contribution in [0.5, 0.6) is 0 Å². The number of anilines is 2. The second-order valence-electron chi connectivity index (χ2n) is 5.49. The molecule has 2 aromatic rings. The molecule has 0 radical (unpaired) electrons. The molecule has 0 unspecified atom stereocenters. The van der Waals surface area contributed by atoms with Crippen LogP contribution in [0, 0.1) is 19.7 Å². The van der Waals surface area contributed by atoms with Gasteiger partial charge >= 0.3 is 0 Å². The van der Waals surface area contributed by atoms with E-state index in [9.17, 15) is 4.39 Å². The van der Waals surface area contributed by atoms with Gasteiger partial charge in [0.25, 0.3) is 0 Å². The fraction of sp³-hybridized carbons (Fsp3) is 0.278. The number of halogens is 2. The van der Waals surface area contributed by atoms with Gasteiger partial charge in [-0.15, -0.1) is 0 Å². The molecular formula is C18H21ClFN3. The molecule has 0 spiro atoms. The van der Waals surface area contributed by atoms with Gasteiger partial charge in [0.2, 0.25) is 0 Å². The summed E-state index contributed by atoms with van der Waals surface area (Å²) in [6.07, 6.45) is 1.74. The molecule has 5 heteroatoms. The maximum Gasteiger partial charge on any atom is 0.146 e. The van der Waals surface area contributed by atoms with Crippen LogP contribution in [0.3, 0.4) is 0 Å². The third kappa shape index (κ3) is 4.23. The van der Waals surface area contributed by atoms with E-state index in [4.69, 9.17) is 11.6 Å². The Kier molecular flexibility index (Phi) is 5.61. The first-order valence-electron chi connectivity index (χ1n) is 7.49. The van der Waals surface area contributed by atoms with Crippen molar-refractivity contribution in [2.45, 2.75) is 20.8 Å². The largest absolute Gasteiger partial charge is 0.366 e. The Morgan fingerprint density at radius 3 is 2.65 bits per heavy atom. The summed E-state index contributed by atoms with van der Waals surface area (Å²) in [5.74, 6) is -0.285. The molecule has 0 saturated heterocycles. The molecule has 0 atom stereocenters. The summed E-state index contributed by atoms with van der Waals surface area (Å²) < 4.78 is 14.0. The molecule has 0 amide bonds. The number of nitrogens with one attached hydrogen (secondary N) is 1. The van der Waals surface area contributed by atoms with Crippen molar-refractivity contribution in [1.29, 1.82) is 0 Å². The summed E-state index contributed by atoms with van der Waals surface area (Å²) in [6, 6.07) is 8.66. The Morgan fingerprint density at radius 1 is 1.26 bits per heavy atom. The monoisotopic (exact) mass is 333 g/mol. The van der Waals surface area contributed by atoms with E-state index in [1.165, 1.54) is 6.07 Å². The lowest BCUT2D eigenvalue weighted by atomic mass is 10.1. The van der Waals surface area contributed by atoms with Crippen molar-refractivity contribution in [3.8, 4) is 0 Å². The third-order valence-electron chi connectivity index (χ3n) is 3.67. The van der Waals surface area contributed by atoms with E-state index in [1.54, 1.807) is 18.5 Å². The molecule has 2 aromatic carbocycles. The molecule has 0 heterocycles. The Bertz CT molecular complexity index is 708. The van der Waals surface area contributed by atoms with Crippen LogP contribution in [0.4, 0.5) is 21.5 Å². The molecule has 2 rings (SSSR count). The molecule has 0 aliphatic carbocycles. The van der Waals surface area contributed by atoms with Crippen molar-refractivity contribution in [3.63, 3.8) is 0 Å². The molecule has 122 valence electrons. The third-order valence-corrected chi connectivity index (χ3v) is 3.97. The Balaban J connectivity index is 2.32. The maximum absolute atomic E-state index is 14.0. The van der Waals surface area contributed by atoms with E-state index in [0.29, 0.717) is 16.4 Å². The van der Waals surface area contributed by atoms with Gasteiger partial charge in [-0.25, -0.2) is 9.38 Å². The summed E-state index contributed by atoms with van der Waals surface area (Å²) in [5.41, 5.74) is 3.72. The summed E-state index contributed by atoms with van der Waals surface area (Å²) >= 11 is 6.31. The summed E-state index contributed by atoms with van der Waals surface area (Å²) in [6.45, 7) is 6.72. The van der Waals surface area contributed by atoms with Gasteiger partial charge in [-0.1, -0.05) is 23.7 Å². The van der Waals surface area contributed by atoms with Gasteiger partial charge in [0.15, 0.2) is 0 Å². The van der Waals surface area contributed by atoms with Crippen LogP contribution in [-0.2, 0) is 0 Å². The maximum atomic E-state index is 14.0. The molecule has 0 aliphatic heterocycles. The van der Waals surface area contributed by atoms with Gasteiger partial charge in [-0.05, 0) is 50.1 Å². The standard InChI is InChI=1S/C18H21ClFN3/c1-5-23(4)11-21-17-9-13(3)16(10-14(17)19)22-18-12(2)7-6-8-15(18)20/h6-11,22H,5H2,1-4H3/b21-11-. The Hall–Kier alpha value is -2.07. The minimum Gasteiger partial charge on any atom is -0.366 e. The molecule has 0 fully saturated rings. The van der Waals surface area contributed by atoms with Gasteiger partial charge in [0.05, 0.1) is 22.7 Å². The molecule has 1 N–H and O–H groups in total. The number of aryl methyl sites for hydroxylation is 2. The van der Waals surface area contributed by atoms with Crippen molar-refractivity contribution < 1.29 is 4.39 Å². The predicted molar refractivity (Wildman–Crippen MR) is 97.1 cm³/mol. The first-order valence-corrected chi connectivity index (χ1v) is 7.87. The van der Waals surface area contributed by atoms with Gasteiger partial charge in [-0.3, -0.25) is 0 Å². The van der Waals surface area contributed by atoms with Crippen LogP contribution in [0.2, 0.25) is 5.02 Å². The van der Waals surface area contributed by atoms with Crippen LogP contribution >= 0.6 is 11.6 Å². The fourth-order valence-electron chi connectivity index (χ4n) is 2.07. The van der Waals surface area contributed by atoms with Gasteiger partial charge in [0.1, 0.15) is 5.82 Å². The van der Waals surface area contributed by atoms with Crippen molar-refractivity contribution in [2.75, 3.05) is 18.9 Å². The average molecular weight is 334 g/mol. The summed E-state index contributed by atoms with van der Waals surface area (Å²) in [4.78, 5) is 6.35. The normalized spacial score (nSPS) is 11.0. The lowest BCUT2D eigenvalue weighted by molar-refractivity contribution is 0.552. The molecule has 23 heavy (non-hydrogen) atoms. The average Bonchev–Trinajstić information content (AvgIpc) is 2.52. The number of benzene rings is 2. The number of hydrogen-bond acceptors (Lipinski definition) is 2. The predicted octanol–water partition coefficient (Wildman–Crippen LogP) is 5.45. The second-order valence-corrected chi connectivity index (χ2v) is 5.90. The van der Waals surface area contributed by atoms with Crippen molar-refractivity contribution >= 4 is 35.0 Å². The lowest BCUT2D eigenvalue weighted by Gasteiger charge is -2.14. The fourth-order valence-corrected chi connectivity index (χ4v) is 2.28. The van der Waals surface area contributed by atoms with E-state index in [2.05, 4.69) is 10.3 Å². The van der Waals surface area contributed by atoms with Crippen LogP contribution in [0.15, 0.2) is 35.3 Å². The summed E-state index contributed by atoms with van der Waals surface area (Å²) in [5, 5.41) is 3.65.